The SMILES string of the molecule is O=Cc1ccc(C(=O)OCCS)cc1. The molecule has 0 aliphatic heterocycles. The Labute approximate surface area is 87.5 Å². The van der Waals surface area contributed by atoms with Gasteiger partial charge in [-0.05, 0) is 12.1 Å². The van der Waals surface area contributed by atoms with E-state index in [1.54, 1.807) is 24.3 Å². The number of esters is 1. The summed E-state index contributed by atoms with van der Waals surface area (Å²) in [7, 11) is 0. The molecular formula is C10H10O3S. The summed E-state index contributed by atoms with van der Waals surface area (Å²) in [5, 5.41) is 0. The second-order valence-corrected chi connectivity index (χ2v) is 3.05. The number of carbonyl (C=O) groups excluding carboxylic acids is 2. The van der Waals surface area contributed by atoms with Gasteiger partial charge in [0.25, 0.3) is 0 Å². The molecule has 4 heteroatoms. The first-order chi connectivity index (χ1) is 6.77. The van der Waals surface area contributed by atoms with Crippen LogP contribution in [0.5, 0.6) is 0 Å². The van der Waals surface area contributed by atoms with Gasteiger partial charge < -0.3 is 4.74 Å². The summed E-state index contributed by atoms with van der Waals surface area (Å²) in [5.74, 6) is 0.106. The van der Waals surface area contributed by atoms with Crippen LogP contribution in [0.1, 0.15) is 20.7 Å². The predicted octanol–water partition coefficient (Wildman–Crippen LogP) is 1.59. The molecule has 14 heavy (non-hydrogen) atoms. The standard InChI is InChI=1S/C10H10O3S/c11-7-8-1-3-9(4-2-8)10(12)13-5-6-14/h1-4,7,14H,5-6H2. The molecule has 0 heterocycles. The second-order valence-electron chi connectivity index (χ2n) is 2.60. The van der Waals surface area contributed by atoms with Gasteiger partial charge in [-0.2, -0.15) is 12.6 Å². The van der Waals surface area contributed by atoms with Crippen LogP contribution in [0, 0.1) is 0 Å². The first kappa shape index (κ1) is 10.8. The minimum absolute atomic E-state index is 0.289. The van der Waals surface area contributed by atoms with Crippen molar-refractivity contribution in [1.29, 1.82) is 0 Å². The smallest absolute Gasteiger partial charge is 0.338 e. The number of carbonyl (C=O) groups is 2. The molecule has 1 aromatic carbocycles. The minimum Gasteiger partial charge on any atom is -0.461 e. The Balaban J connectivity index is 2.66. The summed E-state index contributed by atoms with van der Waals surface area (Å²) in [4.78, 5) is 21.6. The van der Waals surface area contributed by atoms with Crippen LogP contribution in [0.3, 0.4) is 0 Å². The lowest BCUT2D eigenvalue weighted by molar-refractivity contribution is 0.0530. The van der Waals surface area contributed by atoms with Crippen LogP contribution in [0.4, 0.5) is 0 Å². The molecule has 0 spiro atoms. The van der Waals surface area contributed by atoms with Crippen molar-refractivity contribution < 1.29 is 14.3 Å². The fourth-order valence-electron chi connectivity index (χ4n) is 0.919. The van der Waals surface area contributed by atoms with E-state index < -0.39 is 5.97 Å². The van der Waals surface area contributed by atoms with E-state index in [1.807, 2.05) is 0 Å². The monoisotopic (exact) mass is 210 g/mol. The van der Waals surface area contributed by atoms with Crippen LogP contribution in [-0.4, -0.2) is 24.6 Å². The zero-order valence-electron chi connectivity index (χ0n) is 7.47. The molecule has 3 nitrogen and oxygen atoms in total. The van der Waals surface area contributed by atoms with Crippen molar-refractivity contribution in [3.63, 3.8) is 0 Å². The molecule has 0 radical (unpaired) electrons. The van der Waals surface area contributed by atoms with E-state index in [9.17, 15) is 9.59 Å². The van der Waals surface area contributed by atoms with Crippen molar-refractivity contribution in [2.45, 2.75) is 0 Å². The molecule has 0 amide bonds. The molecular weight excluding hydrogens is 200 g/mol. The van der Waals surface area contributed by atoms with E-state index in [0.717, 1.165) is 6.29 Å². The zero-order chi connectivity index (χ0) is 10.4. The molecule has 0 bridgehead atoms. The molecule has 1 aromatic rings. The number of ether oxygens (including phenoxy) is 1. The molecule has 0 N–H and O–H groups in total. The van der Waals surface area contributed by atoms with Crippen LogP contribution in [0.15, 0.2) is 24.3 Å². The number of rotatable bonds is 4. The number of hydrogen-bond acceptors (Lipinski definition) is 4. The Morgan fingerprint density at radius 3 is 2.50 bits per heavy atom. The first-order valence-electron chi connectivity index (χ1n) is 4.11. The fourth-order valence-corrected chi connectivity index (χ4v) is 1.01. The number of benzene rings is 1. The van der Waals surface area contributed by atoms with Crippen molar-refractivity contribution in [3.8, 4) is 0 Å². The summed E-state index contributed by atoms with van der Waals surface area (Å²) < 4.78 is 4.85. The van der Waals surface area contributed by atoms with Gasteiger partial charge in [-0.3, -0.25) is 4.79 Å². The first-order valence-corrected chi connectivity index (χ1v) is 4.74. The van der Waals surface area contributed by atoms with Crippen LogP contribution in [0.2, 0.25) is 0 Å². The lowest BCUT2D eigenvalue weighted by Crippen LogP contribution is -2.07. The highest BCUT2D eigenvalue weighted by Crippen LogP contribution is 2.04. The highest BCUT2D eigenvalue weighted by Gasteiger charge is 2.05. The minimum atomic E-state index is -0.392. The maximum atomic E-state index is 11.3. The molecule has 0 aromatic heterocycles. The van der Waals surface area contributed by atoms with Crippen LogP contribution < -0.4 is 0 Å². The summed E-state index contributed by atoms with van der Waals surface area (Å²) in [6.07, 6.45) is 0.725. The van der Waals surface area contributed by atoms with Crippen molar-refractivity contribution in [3.05, 3.63) is 35.4 Å². The van der Waals surface area contributed by atoms with Crippen molar-refractivity contribution in [2.24, 2.45) is 0 Å². The lowest BCUT2D eigenvalue weighted by atomic mass is 10.1. The molecule has 74 valence electrons. The molecule has 0 saturated heterocycles. The normalized spacial score (nSPS) is 9.50. The van der Waals surface area contributed by atoms with Crippen LogP contribution in [0.25, 0.3) is 0 Å². The highest BCUT2D eigenvalue weighted by atomic mass is 32.1. The third kappa shape index (κ3) is 2.88. The van der Waals surface area contributed by atoms with Crippen LogP contribution >= 0.6 is 12.6 Å². The average molecular weight is 210 g/mol. The Bertz CT molecular complexity index is 319. The third-order valence-electron chi connectivity index (χ3n) is 1.61. The van der Waals surface area contributed by atoms with Crippen molar-refractivity contribution in [1.82, 2.24) is 0 Å². The summed E-state index contributed by atoms with van der Waals surface area (Å²) in [6, 6.07) is 6.27. The van der Waals surface area contributed by atoms with E-state index in [1.165, 1.54) is 0 Å². The van der Waals surface area contributed by atoms with Gasteiger partial charge in [-0.1, -0.05) is 12.1 Å². The molecule has 0 aliphatic carbocycles. The second kappa shape index (κ2) is 5.44. The average Bonchev–Trinajstić information content (AvgIpc) is 2.26. The van der Waals surface area contributed by atoms with E-state index in [4.69, 9.17) is 4.74 Å². The number of hydrogen-bond donors (Lipinski definition) is 1. The molecule has 1 rings (SSSR count). The molecule has 0 saturated carbocycles. The van der Waals surface area contributed by atoms with Gasteiger partial charge >= 0.3 is 5.97 Å². The molecule has 0 fully saturated rings. The Morgan fingerprint density at radius 2 is 2.00 bits per heavy atom. The Hall–Kier alpha value is -1.29. The molecule has 0 atom stereocenters. The fraction of sp³-hybridized carbons (Fsp3) is 0.200. The third-order valence-corrected chi connectivity index (χ3v) is 1.79. The highest BCUT2D eigenvalue weighted by molar-refractivity contribution is 7.80. The maximum absolute atomic E-state index is 11.3. The Morgan fingerprint density at radius 1 is 1.36 bits per heavy atom. The summed E-state index contributed by atoms with van der Waals surface area (Å²) in [6.45, 7) is 0.289. The van der Waals surface area contributed by atoms with Crippen LogP contribution in [-0.2, 0) is 4.74 Å². The van der Waals surface area contributed by atoms with E-state index in [0.29, 0.717) is 16.9 Å². The zero-order valence-corrected chi connectivity index (χ0v) is 8.37. The number of thiol groups is 1. The van der Waals surface area contributed by atoms with E-state index >= 15 is 0 Å². The van der Waals surface area contributed by atoms with Gasteiger partial charge in [0.2, 0.25) is 0 Å². The molecule has 0 aliphatic rings. The predicted molar refractivity (Wildman–Crippen MR) is 56.0 cm³/mol. The lowest BCUT2D eigenvalue weighted by Gasteiger charge is -2.02. The van der Waals surface area contributed by atoms with Gasteiger partial charge in [0.1, 0.15) is 12.9 Å². The summed E-state index contributed by atoms with van der Waals surface area (Å²) >= 11 is 3.92. The van der Waals surface area contributed by atoms with Crippen molar-refractivity contribution >= 4 is 24.9 Å². The summed E-state index contributed by atoms with van der Waals surface area (Å²) in [5.41, 5.74) is 0.980. The largest absolute Gasteiger partial charge is 0.461 e. The van der Waals surface area contributed by atoms with Gasteiger partial charge in [0, 0.05) is 11.3 Å². The van der Waals surface area contributed by atoms with Gasteiger partial charge in [0.05, 0.1) is 5.56 Å². The van der Waals surface area contributed by atoms with Gasteiger partial charge in [-0.15, -0.1) is 0 Å². The topological polar surface area (TPSA) is 43.4 Å². The Kier molecular flexibility index (Phi) is 4.19. The van der Waals surface area contributed by atoms with E-state index in [-0.39, 0.29) is 6.61 Å². The molecule has 0 unspecified atom stereocenters. The maximum Gasteiger partial charge on any atom is 0.338 e. The quantitative estimate of drug-likeness (QED) is 0.466. The number of aldehydes is 1. The van der Waals surface area contributed by atoms with Gasteiger partial charge in [0.15, 0.2) is 0 Å². The van der Waals surface area contributed by atoms with Crippen molar-refractivity contribution in [2.75, 3.05) is 12.4 Å². The van der Waals surface area contributed by atoms with E-state index in [2.05, 4.69) is 12.6 Å². The van der Waals surface area contributed by atoms with Gasteiger partial charge in [-0.25, -0.2) is 4.79 Å².